The van der Waals surface area contributed by atoms with Crippen molar-refractivity contribution in [2.75, 3.05) is 18.5 Å². The molecule has 0 aliphatic carbocycles. The van der Waals surface area contributed by atoms with Gasteiger partial charge in [-0.1, -0.05) is 41.9 Å². The van der Waals surface area contributed by atoms with Gasteiger partial charge >= 0.3 is 0 Å². The predicted octanol–water partition coefficient (Wildman–Crippen LogP) is 3.03. The minimum absolute atomic E-state index is 0.563. The third-order valence-electron chi connectivity index (χ3n) is 3.55. The van der Waals surface area contributed by atoms with Crippen LogP contribution in [0.1, 0.15) is 11.1 Å². The van der Waals surface area contributed by atoms with Gasteiger partial charge in [-0.15, -0.1) is 0 Å². The summed E-state index contributed by atoms with van der Waals surface area (Å²) in [6.45, 7) is 0.563. The molecule has 1 N–H and O–H groups in total. The first-order chi connectivity index (χ1) is 8.61. The molecule has 1 unspecified atom stereocenters. The van der Waals surface area contributed by atoms with E-state index in [1.807, 2.05) is 55.6 Å². The van der Waals surface area contributed by atoms with Crippen molar-refractivity contribution in [3.8, 4) is 0 Å². The Bertz CT molecular complexity index is 581. The summed E-state index contributed by atoms with van der Waals surface area (Å²) in [4.78, 5) is 2.07. The first kappa shape index (κ1) is 11.6. The highest BCUT2D eigenvalue weighted by Gasteiger charge is 2.40. The van der Waals surface area contributed by atoms with Crippen LogP contribution in [0.3, 0.4) is 0 Å². The molecule has 2 nitrogen and oxygen atoms in total. The monoisotopic (exact) mass is 259 g/mol. The molecule has 3 heteroatoms. The number of nitrogens with zero attached hydrogens (tertiary/aromatic N) is 1. The van der Waals surface area contributed by atoms with Gasteiger partial charge in [-0.3, -0.25) is 0 Å². The Kier molecular flexibility index (Phi) is 2.58. The number of β-amino-alcohol motifs (C(OH)–C–C–N with tert-alkyl or cyclic N) is 1. The van der Waals surface area contributed by atoms with Crippen molar-refractivity contribution in [3.63, 3.8) is 0 Å². The maximum atomic E-state index is 11.0. The number of hydrogen-bond acceptors (Lipinski definition) is 2. The van der Waals surface area contributed by atoms with Crippen molar-refractivity contribution in [3.05, 3.63) is 64.7 Å². The van der Waals surface area contributed by atoms with E-state index in [1.165, 1.54) is 0 Å². The Morgan fingerprint density at radius 1 is 1.11 bits per heavy atom. The van der Waals surface area contributed by atoms with Crippen molar-refractivity contribution in [2.45, 2.75) is 5.60 Å². The van der Waals surface area contributed by atoms with Crippen LogP contribution >= 0.6 is 11.6 Å². The van der Waals surface area contributed by atoms with E-state index in [2.05, 4.69) is 4.90 Å². The second kappa shape index (κ2) is 4.01. The zero-order chi connectivity index (χ0) is 12.8. The zero-order valence-corrected chi connectivity index (χ0v) is 10.9. The van der Waals surface area contributed by atoms with Gasteiger partial charge in [0.15, 0.2) is 0 Å². The van der Waals surface area contributed by atoms with Gasteiger partial charge in [-0.2, -0.15) is 0 Å². The molecule has 18 heavy (non-hydrogen) atoms. The second-order valence-electron chi connectivity index (χ2n) is 4.74. The largest absolute Gasteiger partial charge is 0.378 e. The molecule has 0 amide bonds. The van der Waals surface area contributed by atoms with Gasteiger partial charge < -0.3 is 10.0 Å². The summed E-state index contributed by atoms with van der Waals surface area (Å²) in [5.41, 5.74) is 1.96. The molecule has 0 fully saturated rings. The fourth-order valence-corrected chi connectivity index (χ4v) is 2.77. The molecule has 3 rings (SSSR count). The molecular formula is C15H14ClNO. The molecule has 0 saturated heterocycles. The van der Waals surface area contributed by atoms with Gasteiger partial charge in [-0.25, -0.2) is 0 Å². The highest BCUT2D eigenvalue weighted by atomic mass is 35.5. The number of likely N-dealkylation sites (N-methyl/N-ethyl adjacent to an activating group) is 1. The number of aliphatic hydroxyl groups is 1. The maximum absolute atomic E-state index is 11.0. The van der Waals surface area contributed by atoms with Crippen molar-refractivity contribution in [2.24, 2.45) is 0 Å². The number of halogens is 1. The van der Waals surface area contributed by atoms with Crippen molar-refractivity contribution in [1.82, 2.24) is 0 Å². The van der Waals surface area contributed by atoms with E-state index in [-0.39, 0.29) is 0 Å². The highest BCUT2D eigenvalue weighted by Crippen LogP contribution is 2.42. The van der Waals surface area contributed by atoms with Crippen LogP contribution in [-0.2, 0) is 5.60 Å². The lowest BCUT2D eigenvalue weighted by molar-refractivity contribution is 0.0989. The fourth-order valence-electron chi connectivity index (χ4n) is 2.64. The van der Waals surface area contributed by atoms with E-state index < -0.39 is 5.60 Å². The number of para-hydroxylation sites is 1. The van der Waals surface area contributed by atoms with Gasteiger partial charge in [0, 0.05) is 23.3 Å². The average Bonchev–Trinajstić information content (AvgIpc) is 2.64. The summed E-state index contributed by atoms with van der Waals surface area (Å²) in [6.07, 6.45) is 0. The minimum atomic E-state index is -0.948. The standard InChI is InChI=1S/C15H14ClNO/c1-17-10-15(18,11-6-8-12(16)9-7-11)13-4-2-3-5-14(13)17/h2-9,18H,10H2,1H3. The minimum Gasteiger partial charge on any atom is -0.378 e. The summed E-state index contributed by atoms with van der Waals surface area (Å²) in [7, 11) is 1.99. The summed E-state index contributed by atoms with van der Waals surface area (Å²) < 4.78 is 0. The van der Waals surface area contributed by atoms with E-state index in [9.17, 15) is 5.11 Å². The van der Waals surface area contributed by atoms with Crippen molar-refractivity contribution in [1.29, 1.82) is 0 Å². The smallest absolute Gasteiger partial charge is 0.134 e. The Morgan fingerprint density at radius 2 is 1.78 bits per heavy atom. The third-order valence-corrected chi connectivity index (χ3v) is 3.80. The van der Waals surface area contributed by atoms with Crippen LogP contribution < -0.4 is 4.90 Å². The lowest BCUT2D eigenvalue weighted by atomic mass is 9.88. The van der Waals surface area contributed by atoms with Crippen LogP contribution in [0.15, 0.2) is 48.5 Å². The number of hydrogen-bond donors (Lipinski definition) is 1. The van der Waals surface area contributed by atoms with Gasteiger partial charge in [-0.05, 0) is 23.8 Å². The van der Waals surface area contributed by atoms with Crippen LogP contribution in [0.2, 0.25) is 5.02 Å². The van der Waals surface area contributed by atoms with E-state index in [0.29, 0.717) is 11.6 Å². The Balaban J connectivity index is 2.14. The Morgan fingerprint density at radius 3 is 2.50 bits per heavy atom. The quantitative estimate of drug-likeness (QED) is 0.851. The molecule has 1 aliphatic heterocycles. The number of benzene rings is 2. The van der Waals surface area contributed by atoms with Crippen LogP contribution in [-0.4, -0.2) is 18.7 Å². The molecule has 0 bridgehead atoms. The Labute approximate surface area is 111 Å². The Hall–Kier alpha value is -1.51. The first-order valence-corrected chi connectivity index (χ1v) is 6.28. The molecule has 1 aliphatic rings. The second-order valence-corrected chi connectivity index (χ2v) is 5.18. The zero-order valence-electron chi connectivity index (χ0n) is 10.1. The maximum Gasteiger partial charge on any atom is 0.134 e. The summed E-state index contributed by atoms with van der Waals surface area (Å²) in [5.74, 6) is 0. The lowest BCUT2D eigenvalue weighted by Crippen LogP contribution is -2.32. The predicted molar refractivity (Wildman–Crippen MR) is 74.2 cm³/mol. The van der Waals surface area contributed by atoms with Crippen LogP contribution in [0, 0.1) is 0 Å². The number of rotatable bonds is 1. The number of fused-ring (bicyclic) bond motifs is 1. The third kappa shape index (κ3) is 1.61. The van der Waals surface area contributed by atoms with Crippen LogP contribution in [0.5, 0.6) is 0 Å². The van der Waals surface area contributed by atoms with E-state index >= 15 is 0 Å². The molecule has 0 spiro atoms. The van der Waals surface area contributed by atoms with Crippen LogP contribution in [0.4, 0.5) is 5.69 Å². The van der Waals surface area contributed by atoms with E-state index in [1.54, 1.807) is 0 Å². The number of anilines is 1. The SMILES string of the molecule is CN1CC(O)(c2ccc(Cl)cc2)c2ccccc21. The molecule has 0 aromatic heterocycles. The first-order valence-electron chi connectivity index (χ1n) is 5.90. The van der Waals surface area contributed by atoms with Crippen molar-refractivity contribution >= 4 is 17.3 Å². The average molecular weight is 260 g/mol. The van der Waals surface area contributed by atoms with Gasteiger partial charge in [0.25, 0.3) is 0 Å². The van der Waals surface area contributed by atoms with Gasteiger partial charge in [0.1, 0.15) is 5.60 Å². The molecule has 0 saturated carbocycles. The molecular weight excluding hydrogens is 246 g/mol. The molecule has 2 aromatic rings. The molecule has 2 aromatic carbocycles. The normalized spacial score (nSPS) is 22.1. The summed E-state index contributed by atoms with van der Waals surface area (Å²) in [6, 6.07) is 15.4. The van der Waals surface area contributed by atoms with Gasteiger partial charge in [0.05, 0.1) is 6.54 Å². The van der Waals surface area contributed by atoms with E-state index in [0.717, 1.165) is 16.8 Å². The molecule has 1 heterocycles. The lowest BCUT2D eigenvalue weighted by Gasteiger charge is -2.24. The molecule has 0 radical (unpaired) electrons. The fraction of sp³-hybridized carbons (Fsp3) is 0.200. The topological polar surface area (TPSA) is 23.5 Å². The molecule has 92 valence electrons. The highest BCUT2D eigenvalue weighted by molar-refractivity contribution is 6.30. The summed E-state index contributed by atoms with van der Waals surface area (Å²) >= 11 is 5.90. The van der Waals surface area contributed by atoms with E-state index in [4.69, 9.17) is 11.6 Å². The summed E-state index contributed by atoms with van der Waals surface area (Å²) in [5, 5.41) is 11.7. The molecule has 1 atom stereocenters. The van der Waals surface area contributed by atoms with Crippen LogP contribution in [0.25, 0.3) is 0 Å². The van der Waals surface area contributed by atoms with Crippen molar-refractivity contribution < 1.29 is 5.11 Å². The van der Waals surface area contributed by atoms with Gasteiger partial charge in [0.2, 0.25) is 0 Å².